The lowest BCUT2D eigenvalue weighted by Crippen LogP contribution is -1.96. The van der Waals surface area contributed by atoms with Gasteiger partial charge in [0.05, 0.1) is 11.0 Å². The number of hydrogen-bond acceptors (Lipinski definition) is 3. The summed E-state index contributed by atoms with van der Waals surface area (Å²) in [5.74, 6) is 0.754. The summed E-state index contributed by atoms with van der Waals surface area (Å²) in [6.07, 6.45) is 4.06. The highest BCUT2D eigenvalue weighted by Crippen LogP contribution is 2.16. The molecule has 1 aromatic carbocycles. The van der Waals surface area contributed by atoms with Crippen LogP contribution in [0.5, 0.6) is 0 Å². The largest absolute Gasteiger partial charge is 0.298 e. The predicted molar refractivity (Wildman–Crippen MR) is 64.3 cm³/mol. The molecular formula is C13H9N3O. The Bertz CT molecular complexity index is 670. The molecule has 0 fully saturated rings. The Morgan fingerprint density at radius 1 is 1.06 bits per heavy atom. The van der Waals surface area contributed by atoms with Crippen LogP contribution in [-0.2, 0) is 0 Å². The maximum atomic E-state index is 10.6. The summed E-state index contributed by atoms with van der Waals surface area (Å²) in [6, 6.07) is 11.4. The predicted octanol–water partition coefficient (Wildman–Crippen LogP) is 2.23. The Morgan fingerprint density at radius 2 is 1.94 bits per heavy atom. The SMILES string of the molecule is O=Cc1ccc(-n2cnc3ccccc32)nc1. The van der Waals surface area contributed by atoms with Crippen LogP contribution in [0, 0.1) is 0 Å². The van der Waals surface area contributed by atoms with Crippen LogP contribution in [0.2, 0.25) is 0 Å². The fraction of sp³-hybridized carbons (Fsp3) is 0. The number of para-hydroxylation sites is 2. The van der Waals surface area contributed by atoms with Crippen LogP contribution >= 0.6 is 0 Å². The van der Waals surface area contributed by atoms with Crippen LogP contribution in [0.15, 0.2) is 48.9 Å². The summed E-state index contributed by atoms with van der Waals surface area (Å²) in [5.41, 5.74) is 2.49. The van der Waals surface area contributed by atoms with Crippen molar-refractivity contribution in [2.45, 2.75) is 0 Å². The first-order chi connectivity index (χ1) is 8.38. The second-order valence-corrected chi connectivity index (χ2v) is 3.67. The normalized spacial score (nSPS) is 10.6. The molecule has 0 aliphatic carbocycles. The van der Waals surface area contributed by atoms with Gasteiger partial charge in [0, 0.05) is 11.8 Å². The lowest BCUT2D eigenvalue weighted by Gasteiger charge is -2.02. The third-order valence-corrected chi connectivity index (χ3v) is 2.61. The first kappa shape index (κ1) is 9.72. The summed E-state index contributed by atoms with van der Waals surface area (Å²) in [4.78, 5) is 19.1. The van der Waals surface area contributed by atoms with Crippen LogP contribution in [0.3, 0.4) is 0 Å². The average Bonchev–Trinajstić information content (AvgIpc) is 2.83. The topological polar surface area (TPSA) is 47.8 Å². The third-order valence-electron chi connectivity index (χ3n) is 2.61. The molecule has 0 atom stereocenters. The highest BCUT2D eigenvalue weighted by atomic mass is 16.1. The van der Waals surface area contributed by atoms with Crippen LogP contribution in [0.4, 0.5) is 0 Å². The van der Waals surface area contributed by atoms with E-state index in [9.17, 15) is 4.79 Å². The molecule has 0 spiro atoms. The number of aromatic nitrogens is 3. The molecule has 0 saturated carbocycles. The molecular weight excluding hydrogens is 214 g/mol. The molecule has 2 aromatic heterocycles. The fourth-order valence-corrected chi connectivity index (χ4v) is 1.75. The van der Waals surface area contributed by atoms with Gasteiger partial charge >= 0.3 is 0 Å². The van der Waals surface area contributed by atoms with E-state index in [0.29, 0.717) is 5.56 Å². The number of hydrogen-bond donors (Lipinski definition) is 0. The summed E-state index contributed by atoms with van der Waals surface area (Å²) < 4.78 is 1.89. The maximum Gasteiger partial charge on any atom is 0.151 e. The molecule has 2 heterocycles. The second-order valence-electron chi connectivity index (χ2n) is 3.67. The first-order valence-electron chi connectivity index (χ1n) is 5.22. The minimum absolute atomic E-state index is 0.568. The molecule has 3 rings (SSSR count). The minimum atomic E-state index is 0.568. The molecule has 0 N–H and O–H groups in total. The number of rotatable bonds is 2. The Balaban J connectivity index is 2.16. The summed E-state index contributed by atoms with van der Waals surface area (Å²) >= 11 is 0. The molecule has 0 saturated heterocycles. The van der Waals surface area contributed by atoms with Crippen LogP contribution in [0.25, 0.3) is 16.9 Å². The van der Waals surface area contributed by atoms with E-state index in [1.807, 2.05) is 28.8 Å². The van der Waals surface area contributed by atoms with E-state index in [-0.39, 0.29) is 0 Å². The monoisotopic (exact) mass is 223 g/mol. The zero-order valence-electron chi connectivity index (χ0n) is 8.95. The van der Waals surface area contributed by atoms with E-state index in [4.69, 9.17) is 0 Å². The molecule has 0 amide bonds. The van der Waals surface area contributed by atoms with Gasteiger partial charge in [-0.25, -0.2) is 9.97 Å². The fourth-order valence-electron chi connectivity index (χ4n) is 1.75. The number of carbonyl (C=O) groups is 1. The average molecular weight is 223 g/mol. The summed E-state index contributed by atoms with van der Waals surface area (Å²) in [7, 11) is 0. The molecule has 3 aromatic rings. The van der Waals surface area contributed by atoms with Gasteiger partial charge in [-0.1, -0.05) is 12.1 Å². The van der Waals surface area contributed by atoms with Crippen molar-refractivity contribution in [3.05, 3.63) is 54.5 Å². The number of fused-ring (bicyclic) bond motifs is 1. The standard InChI is InChI=1S/C13H9N3O/c17-8-10-5-6-13(14-7-10)16-9-15-11-3-1-2-4-12(11)16/h1-9H. The van der Waals surface area contributed by atoms with Crippen molar-refractivity contribution < 1.29 is 4.79 Å². The van der Waals surface area contributed by atoms with Crippen molar-refractivity contribution in [2.24, 2.45) is 0 Å². The van der Waals surface area contributed by atoms with Gasteiger partial charge in [-0.3, -0.25) is 9.36 Å². The van der Waals surface area contributed by atoms with Gasteiger partial charge in [0.25, 0.3) is 0 Å². The summed E-state index contributed by atoms with van der Waals surface area (Å²) in [5, 5.41) is 0. The van der Waals surface area contributed by atoms with Gasteiger partial charge in [-0.2, -0.15) is 0 Å². The minimum Gasteiger partial charge on any atom is -0.298 e. The third kappa shape index (κ3) is 1.59. The number of benzene rings is 1. The number of pyridine rings is 1. The van der Waals surface area contributed by atoms with Gasteiger partial charge in [0.15, 0.2) is 6.29 Å². The highest BCUT2D eigenvalue weighted by molar-refractivity contribution is 5.77. The van der Waals surface area contributed by atoms with E-state index < -0.39 is 0 Å². The van der Waals surface area contributed by atoms with Gasteiger partial charge in [-0.15, -0.1) is 0 Å². The van der Waals surface area contributed by atoms with Crippen molar-refractivity contribution >= 4 is 17.3 Å². The van der Waals surface area contributed by atoms with Crippen LogP contribution < -0.4 is 0 Å². The van der Waals surface area contributed by atoms with Gasteiger partial charge in [0.1, 0.15) is 12.1 Å². The number of aldehydes is 1. The van der Waals surface area contributed by atoms with Gasteiger partial charge in [0.2, 0.25) is 0 Å². The quantitative estimate of drug-likeness (QED) is 0.626. The van der Waals surface area contributed by atoms with Crippen molar-refractivity contribution in [2.75, 3.05) is 0 Å². The van der Waals surface area contributed by atoms with Crippen molar-refractivity contribution in [1.29, 1.82) is 0 Å². The highest BCUT2D eigenvalue weighted by Gasteiger charge is 2.04. The molecule has 17 heavy (non-hydrogen) atoms. The van der Waals surface area contributed by atoms with E-state index in [1.54, 1.807) is 24.7 Å². The summed E-state index contributed by atoms with van der Waals surface area (Å²) in [6.45, 7) is 0. The van der Waals surface area contributed by atoms with E-state index >= 15 is 0 Å². The smallest absolute Gasteiger partial charge is 0.151 e. The van der Waals surface area contributed by atoms with Crippen LogP contribution in [-0.4, -0.2) is 20.8 Å². The second kappa shape index (κ2) is 3.83. The van der Waals surface area contributed by atoms with E-state index in [1.165, 1.54) is 0 Å². The molecule has 82 valence electrons. The molecule has 0 radical (unpaired) electrons. The van der Waals surface area contributed by atoms with E-state index in [2.05, 4.69) is 9.97 Å². The Morgan fingerprint density at radius 3 is 2.71 bits per heavy atom. The molecule has 0 aliphatic rings. The molecule has 0 unspecified atom stereocenters. The molecule has 0 aliphatic heterocycles. The van der Waals surface area contributed by atoms with E-state index in [0.717, 1.165) is 23.1 Å². The Labute approximate surface area is 97.6 Å². The maximum absolute atomic E-state index is 10.6. The van der Waals surface area contributed by atoms with Crippen molar-refractivity contribution in [1.82, 2.24) is 14.5 Å². The van der Waals surface area contributed by atoms with Crippen molar-refractivity contribution in [3.63, 3.8) is 0 Å². The molecule has 0 bridgehead atoms. The number of imidazole rings is 1. The number of nitrogens with zero attached hydrogens (tertiary/aromatic N) is 3. The molecule has 4 nitrogen and oxygen atoms in total. The van der Waals surface area contributed by atoms with Gasteiger partial charge < -0.3 is 0 Å². The zero-order valence-corrected chi connectivity index (χ0v) is 8.95. The Hall–Kier alpha value is -2.49. The molecule has 4 heteroatoms. The zero-order chi connectivity index (χ0) is 11.7. The van der Waals surface area contributed by atoms with Crippen molar-refractivity contribution in [3.8, 4) is 5.82 Å². The first-order valence-corrected chi connectivity index (χ1v) is 5.22. The number of carbonyl (C=O) groups excluding carboxylic acids is 1. The lowest BCUT2D eigenvalue weighted by molar-refractivity contribution is 0.112. The van der Waals surface area contributed by atoms with Gasteiger partial charge in [-0.05, 0) is 24.3 Å². The Kier molecular flexibility index (Phi) is 2.19. The van der Waals surface area contributed by atoms with Crippen LogP contribution in [0.1, 0.15) is 10.4 Å². The lowest BCUT2D eigenvalue weighted by atomic mass is 10.3.